The van der Waals surface area contributed by atoms with Crippen LogP contribution in [0.15, 0.2) is 146 Å². The van der Waals surface area contributed by atoms with Crippen molar-refractivity contribution >= 4 is 51.3 Å². The molecular formula is C33H33BrNiP2+. The molecule has 0 bridgehead atoms. The first-order chi connectivity index (χ1) is 18.3. The van der Waals surface area contributed by atoms with Crippen LogP contribution in [0.4, 0.5) is 0 Å². The fourth-order valence-electron chi connectivity index (χ4n) is 4.20. The maximum absolute atomic E-state index is 3.69. The zero-order chi connectivity index (χ0) is 26.1. The van der Waals surface area contributed by atoms with Gasteiger partial charge >= 0.3 is 27.9 Å². The van der Waals surface area contributed by atoms with Crippen LogP contribution in [0.2, 0.25) is 0 Å². The molecule has 0 aromatic heterocycles. The summed E-state index contributed by atoms with van der Waals surface area (Å²) in [4.78, 5) is 0. The third-order valence-corrected chi connectivity index (χ3v) is 12.1. The second kappa shape index (κ2) is 17.4. The first-order valence-electron chi connectivity index (χ1n) is 12.3. The molecule has 0 spiro atoms. The van der Waals surface area contributed by atoms with Gasteiger partial charge in [-0.3, -0.25) is 0 Å². The van der Waals surface area contributed by atoms with E-state index >= 15 is 0 Å². The van der Waals surface area contributed by atoms with Crippen molar-refractivity contribution in [3.05, 3.63) is 157 Å². The molecule has 0 aliphatic rings. The van der Waals surface area contributed by atoms with Gasteiger partial charge in [-0.15, -0.1) is 0 Å². The van der Waals surface area contributed by atoms with Crippen molar-refractivity contribution in [3.63, 3.8) is 0 Å². The molecule has 0 heterocycles. The van der Waals surface area contributed by atoms with Crippen LogP contribution in [0, 0.1) is 13.0 Å². The number of halogens is 1. The minimum Gasteiger partial charge on any atom is -0.0620 e. The minimum atomic E-state index is -0.783. The van der Waals surface area contributed by atoms with Crippen molar-refractivity contribution in [2.45, 2.75) is 6.92 Å². The van der Waals surface area contributed by atoms with Gasteiger partial charge in [0.15, 0.2) is 0 Å². The van der Waals surface area contributed by atoms with Gasteiger partial charge in [0.05, 0.1) is 37.1 Å². The molecule has 0 aliphatic heterocycles. The summed E-state index contributed by atoms with van der Waals surface area (Å²) in [6.07, 6.45) is 2.52. The molecule has 191 valence electrons. The summed E-state index contributed by atoms with van der Waals surface area (Å²) in [6, 6.07) is 55.4. The van der Waals surface area contributed by atoms with Crippen LogP contribution in [0.3, 0.4) is 0 Å². The Bertz CT molecular complexity index is 1080. The van der Waals surface area contributed by atoms with Crippen molar-refractivity contribution < 1.29 is 13.7 Å². The maximum Gasteiger partial charge on any atom is 0.101 e. The van der Waals surface area contributed by atoms with E-state index in [1.165, 1.54) is 39.1 Å². The van der Waals surface area contributed by atoms with E-state index in [9.17, 15) is 0 Å². The summed E-state index contributed by atoms with van der Waals surface area (Å²) in [5.41, 5.74) is 1.20. The van der Waals surface area contributed by atoms with Crippen molar-refractivity contribution in [1.29, 1.82) is 0 Å². The van der Waals surface area contributed by atoms with Crippen LogP contribution in [-0.2, 0) is 13.7 Å². The Kier molecular flexibility index (Phi) is 13.9. The van der Waals surface area contributed by atoms with E-state index in [0.717, 1.165) is 0 Å². The van der Waals surface area contributed by atoms with Gasteiger partial charge in [-0.25, -0.2) is 0 Å². The number of benzene rings is 5. The Morgan fingerprint density at radius 2 is 0.784 bits per heavy atom. The van der Waals surface area contributed by atoms with Crippen LogP contribution < -0.4 is 21.2 Å². The summed E-state index contributed by atoms with van der Waals surface area (Å²) in [5, 5.41) is 6.06. The molecule has 0 atom stereocenters. The molecule has 5 rings (SSSR count). The molecule has 5 aromatic rings. The van der Waals surface area contributed by atoms with Gasteiger partial charge in [0.2, 0.25) is 0 Å². The topological polar surface area (TPSA) is 0 Å². The Labute approximate surface area is 240 Å². The first-order valence-corrected chi connectivity index (χ1v) is 18.2. The van der Waals surface area contributed by atoms with Crippen molar-refractivity contribution in [2.24, 2.45) is 0 Å². The quantitative estimate of drug-likeness (QED) is 0.100. The van der Waals surface area contributed by atoms with Crippen LogP contribution in [0.1, 0.15) is 5.56 Å². The third-order valence-electron chi connectivity index (χ3n) is 5.98. The van der Waals surface area contributed by atoms with E-state index in [2.05, 4.69) is 155 Å². The van der Waals surface area contributed by atoms with E-state index in [0.29, 0.717) is 0 Å². The summed E-state index contributed by atoms with van der Waals surface area (Å²) < 4.78 is 0. The van der Waals surface area contributed by atoms with E-state index in [1.807, 2.05) is 31.2 Å². The van der Waals surface area contributed by atoms with Crippen molar-refractivity contribution in [2.75, 3.05) is 12.3 Å². The molecule has 0 unspecified atom stereocenters. The second-order valence-electron chi connectivity index (χ2n) is 8.47. The fraction of sp³-hybridized carbons (Fsp3) is 0.0909. The molecule has 5 aromatic carbocycles. The smallest absolute Gasteiger partial charge is 0.0620 e. The van der Waals surface area contributed by atoms with E-state index < -0.39 is 15.8 Å². The Morgan fingerprint density at radius 1 is 0.486 bits per heavy atom. The standard InChI is InChI=1S/C26H24P2.C7H7.BrH.Ni/c1-5-13-23(14-6-1)27(24-15-7-2-8-16-24)21-22-28(25-17-9-3-10-18-25)26-19-11-4-12-20-26;1-7-5-3-2-4-6-7;;/h1-20H,21-22H2;2-5H,1H3;1H;/q;-1;;+1/p+1. The van der Waals surface area contributed by atoms with Crippen LogP contribution in [-0.4, -0.2) is 12.3 Å². The Balaban J connectivity index is 0.000000361. The van der Waals surface area contributed by atoms with Gasteiger partial charge in [0.1, 0.15) is 12.3 Å². The predicted octanol–water partition coefficient (Wildman–Crippen LogP) is 7.36. The van der Waals surface area contributed by atoms with Gasteiger partial charge < -0.3 is 0 Å². The monoisotopic (exact) mass is 628 g/mol. The average molecular weight is 630 g/mol. The summed E-state index contributed by atoms with van der Waals surface area (Å²) in [6.45, 7) is 2.03. The molecule has 0 N–H and O–H groups in total. The molecule has 0 aliphatic carbocycles. The summed E-state index contributed by atoms with van der Waals surface area (Å²) >= 11 is 6.25. The normalized spacial score (nSPS) is 10.2. The summed E-state index contributed by atoms with van der Waals surface area (Å²) in [5.74, 6) is 0. The van der Waals surface area contributed by atoms with Gasteiger partial charge in [-0.1, -0.05) is 79.7 Å². The van der Waals surface area contributed by atoms with Crippen molar-refractivity contribution in [1.82, 2.24) is 0 Å². The summed E-state index contributed by atoms with van der Waals surface area (Å²) in [7, 11) is -1.57. The van der Waals surface area contributed by atoms with E-state index in [1.54, 1.807) is 0 Å². The van der Waals surface area contributed by atoms with Crippen LogP contribution >= 0.6 is 30.1 Å². The molecule has 0 saturated heterocycles. The zero-order valence-electron chi connectivity index (χ0n) is 21.0. The van der Waals surface area contributed by atoms with Crippen LogP contribution in [0.5, 0.6) is 0 Å². The van der Waals surface area contributed by atoms with Gasteiger partial charge in [-0.2, -0.15) is 35.9 Å². The largest absolute Gasteiger partial charge is 0.101 e. The van der Waals surface area contributed by atoms with Crippen LogP contribution in [0.25, 0.3) is 0 Å². The number of aryl methyl sites for hydroxylation is 1. The number of hydrogen-bond acceptors (Lipinski definition) is 0. The molecule has 0 saturated carbocycles. The fourth-order valence-corrected chi connectivity index (χ4v) is 10.4. The molecule has 4 heteroatoms. The minimum absolute atomic E-state index is 0.783. The molecule has 0 radical (unpaired) electrons. The predicted molar refractivity (Wildman–Crippen MR) is 170 cm³/mol. The Morgan fingerprint density at radius 3 is 1.00 bits per heavy atom. The zero-order valence-corrected chi connectivity index (χ0v) is 25.5. The third kappa shape index (κ3) is 9.96. The maximum atomic E-state index is 3.69. The first kappa shape index (κ1) is 29.5. The van der Waals surface area contributed by atoms with Gasteiger partial charge in [-0.05, 0) is 48.5 Å². The van der Waals surface area contributed by atoms with E-state index in [4.69, 9.17) is 0 Å². The molecule has 0 fully saturated rings. The van der Waals surface area contributed by atoms with Gasteiger partial charge in [0.25, 0.3) is 0 Å². The number of rotatable bonds is 7. The van der Waals surface area contributed by atoms with E-state index in [-0.39, 0.29) is 0 Å². The SMILES string of the molecule is Cc1[c-]cccc1.[Ni][Br].c1ccc([PH+](CC[PH+](c2ccccc2)c2ccccc2)c2ccccc2)cc1. The van der Waals surface area contributed by atoms with Crippen molar-refractivity contribution in [3.8, 4) is 0 Å². The molecule has 0 amide bonds. The molecular weight excluding hydrogens is 597 g/mol. The molecule has 37 heavy (non-hydrogen) atoms. The Hall–Kier alpha value is -2.07. The number of hydrogen-bond donors (Lipinski definition) is 0. The average Bonchev–Trinajstić information content (AvgIpc) is 2.99. The second-order valence-corrected chi connectivity index (χ2v) is 13.7. The molecule has 0 nitrogen and oxygen atoms in total. The van der Waals surface area contributed by atoms with Gasteiger partial charge in [0, 0.05) is 0 Å².